The van der Waals surface area contributed by atoms with Crippen molar-refractivity contribution < 1.29 is 8.78 Å². The van der Waals surface area contributed by atoms with Crippen molar-refractivity contribution in [2.24, 2.45) is 5.92 Å². The van der Waals surface area contributed by atoms with E-state index in [1.54, 1.807) is 11.3 Å². The number of anilines is 1. The van der Waals surface area contributed by atoms with Crippen LogP contribution in [0.3, 0.4) is 0 Å². The molecular formula is C14H17F2IN4S. The van der Waals surface area contributed by atoms with Gasteiger partial charge >= 0.3 is 0 Å². The first-order chi connectivity index (χ1) is 10.6. The first-order valence-electron chi connectivity index (χ1n) is 7.29. The van der Waals surface area contributed by atoms with Gasteiger partial charge in [-0.1, -0.05) is 0 Å². The first-order valence-corrected chi connectivity index (χ1v) is 9.18. The summed E-state index contributed by atoms with van der Waals surface area (Å²) in [5.74, 6) is -2.41. The molecule has 1 fully saturated rings. The second-order valence-electron chi connectivity index (χ2n) is 5.45. The van der Waals surface area contributed by atoms with Gasteiger partial charge in [0.2, 0.25) is 0 Å². The van der Waals surface area contributed by atoms with Gasteiger partial charge in [0.25, 0.3) is 5.92 Å². The SMILES string of the molecule is FC1(F)CCNCCC1CCNc1ncnc2cc(I)sc12. The van der Waals surface area contributed by atoms with Gasteiger partial charge in [-0.25, -0.2) is 18.7 Å². The van der Waals surface area contributed by atoms with Crippen LogP contribution in [0.1, 0.15) is 19.3 Å². The molecule has 4 nitrogen and oxygen atoms in total. The largest absolute Gasteiger partial charge is 0.369 e. The minimum Gasteiger partial charge on any atom is -0.369 e. The molecule has 1 aliphatic heterocycles. The monoisotopic (exact) mass is 438 g/mol. The number of nitrogens with zero attached hydrogens (tertiary/aromatic N) is 2. The van der Waals surface area contributed by atoms with E-state index in [2.05, 4.69) is 43.2 Å². The molecule has 0 amide bonds. The third-order valence-electron chi connectivity index (χ3n) is 3.97. The molecule has 0 bridgehead atoms. The van der Waals surface area contributed by atoms with Crippen LogP contribution in [0.15, 0.2) is 12.4 Å². The van der Waals surface area contributed by atoms with Crippen molar-refractivity contribution in [2.75, 3.05) is 25.0 Å². The average Bonchev–Trinajstić information content (AvgIpc) is 2.77. The van der Waals surface area contributed by atoms with Gasteiger partial charge in [-0.3, -0.25) is 0 Å². The molecule has 0 aromatic carbocycles. The molecular weight excluding hydrogens is 421 g/mol. The summed E-state index contributed by atoms with van der Waals surface area (Å²) in [4.78, 5) is 8.47. The highest BCUT2D eigenvalue weighted by atomic mass is 127. The Morgan fingerprint density at radius 3 is 3.14 bits per heavy atom. The first kappa shape index (κ1) is 16.3. The summed E-state index contributed by atoms with van der Waals surface area (Å²) in [5, 5.41) is 6.26. The summed E-state index contributed by atoms with van der Waals surface area (Å²) in [6, 6.07) is 2.00. The van der Waals surface area contributed by atoms with Gasteiger partial charge in [0.1, 0.15) is 12.1 Å². The Balaban J connectivity index is 1.64. The molecule has 1 unspecified atom stereocenters. The fourth-order valence-electron chi connectivity index (χ4n) is 2.74. The standard InChI is InChI=1S/C14H17F2IN4S/c15-14(16)3-6-18-4-1-9(14)2-5-19-13-12-10(20-8-21-13)7-11(17)22-12/h7-9,18H,1-6H2,(H,19,20,21). The van der Waals surface area contributed by atoms with E-state index < -0.39 is 11.8 Å². The van der Waals surface area contributed by atoms with Crippen LogP contribution in [0.5, 0.6) is 0 Å². The number of aromatic nitrogens is 2. The number of nitrogens with one attached hydrogen (secondary N) is 2. The molecule has 8 heteroatoms. The maximum absolute atomic E-state index is 14.0. The summed E-state index contributed by atoms with van der Waals surface area (Å²) in [5.41, 5.74) is 0.899. The van der Waals surface area contributed by atoms with Crippen LogP contribution in [-0.2, 0) is 0 Å². The van der Waals surface area contributed by atoms with E-state index in [1.165, 1.54) is 6.33 Å². The van der Waals surface area contributed by atoms with Crippen LogP contribution < -0.4 is 10.6 Å². The predicted molar refractivity (Wildman–Crippen MR) is 93.8 cm³/mol. The third kappa shape index (κ3) is 3.65. The quantitative estimate of drug-likeness (QED) is 0.715. The predicted octanol–water partition coefficient (Wildman–Crippen LogP) is 3.73. The number of thiophene rings is 1. The highest BCUT2D eigenvalue weighted by molar-refractivity contribution is 14.1. The van der Waals surface area contributed by atoms with Crippen molar-refractivity contribution in [1.29, 1.82) is 0 Å². The van der Waals surface area contributed by atoms with Gasteiger partial charge < -0.3 is 10.6 Å². The smallest absolute Gasteiger partial charge is 0.252 e. The molecule has 1 atom stereocenters. The third-order valence-corrected chi connectivity index (χ3v) is 5.86. The molecule has 3 rings (SSSR count). The van der Waals surface area contributed by atoms with Crippen LogP contribution in [-0.4, -0.2) is 35.5 Å². The minimum absolute atomic E-state index is 0.0709. The zero-order chi connectivity index (χ0) is 15.6. The summed E-state index contributed by atoms with van der Waals surface area (Å²) >= 11 is 3.86. The normalized spacial score (nSPS) is 21.7. The van der Waals surface area contributed by atoms with Gasteiger partial charge in [0, 0.05) is 25.4 Å². The molecule has 2 aromatic heterocycles. The number of rotatable bonds is 4. The van der Waals surface area contributed by atoms with Gasteiger partial charge in [-0.2, -0.15) is 0 Å². The zero-order valence-corrected chi connectivity index (χ0v) is 14.9. The van der Waals surface area contributed by atoms with E-state index in [4.69, 9.17) is 0 Å². The van der Waals surface area contributed by atoms with Gasteiger partial charge in [0.15, 0.2) is 0 Å². The molecule has 2 aromatic rings. The Hall–Kier alpha value is -0.610. The number of halogens is 3. The molecule has 2 N–H and O–H groups in total. The lowest BCUT2D eigenvalue weighted by molar-refractivity contribution is -0.0619. The number of alkyl halides is 2. The van der Waals surface area contributed by atoms with Crippen LogP contribution in [0, 0.1) is 8.80 Å². The maximum atomic E-state index is 14.0. The summed E-state index contributed by atoms with van der Waals surface area (Å²) < 4.78 is 30.2. The van der Waals surface area contributed by atoms with E-state index in [0.29, 0.717) is 32.5 Å². The van der Waals surface area contributed by atoms with E-state index in [0.717, 1.165) is 18.9 Å². The second kappa shape index (κ2) is 6.88. The Labute approximate surface area is 145 Å². The molecule has 22 heavy (non-hydrogen) atoms. The molecule has 0 radical (unpaired) electrons. The maximum Gasteiger partial charge on any atom is 0.252 e. The van der Waals surface area contributed by atoms with Crippen molar-refractivity contribution in [3.8, 4) is 0 Å². The Morgan fingerprint density at radius 1 is 1.41 bits per heavy atom. The summed E-state index contributed by atoms with van der Waals surface area (Å²) in [6.07, 6.45) is 2.41. The highest BCUT2D eigenvalue weighted by Gasteiger charge is 2.39. The van der Waals surface area contributed by atoms with E-state index in [-0.39, 0.29) is 6.42 Å². The molecule has 3 heterocycles. The fourth-order valence-corrected chi connectivity index (χ4v) is 4.50. The Kier molecular flexibility index (Phi) is 5.08. The molecule has 120 valence electrons. The molecule has 0 aliphatic carbocycles. The van der Waals surface area contributed by atoms with Gasteiger partial charge in [-0.05, 0) is 48.0 Å². The number of hydrogen-bond acceptors (Lipinski definition) is 5. The van der Waals surface area contributed by atoms with E-state index >= 15 is 0 Å². The lowest BCUT2D eigenvalue weighted by Crippen LogP contribution is -2.29. The van der Waals surface area contributed by atoms with Crippen molar-refractivity contribution in [3.05, 3.63) is 15.3 Å². The average molecular weight is 438 g/mol. The second-order valence-corrected chi connectivity index (χ2v) is 8.40. The topological polar surface area (TPSA) is 49.8 Å². The molecule has 1 saturated heterocycles. The van der Waals surface area contributed by atoms with Gasteiger partial charge in [-0.15, -0.1) is 11.3 Å². The molecule has 0 saturated carbocycles. The lowest BCUT2D eigenvalue weighted by atomic mass is 9.93. The van der Waals surface area contributed by atoms with Gasteiger partial charge in [0.05, 0.1) is 13.1 Å². The lowest BCUT2D eigenvalue weighted by Gasteiger charge is -2.24. The minimum atomic E-state index is -2.58. The Bertz CT molecular complexity index is 649. The van der Waals surface area contributed by atoms with Crippen molar-refractivity contribution >= 4 is 50.0 Å². The fraction of sp³-hybridized carbons (Fsp3) is 0.571. The van der Waals surface area contributed by atoms with Crippen molar-refractivity contribution in [3.63, 3.8) is 0 Å². The van der Waals surface area contributed by atoms with Crippen LogP contribution in [0.2, 0.25) is 0 Å². The van der Waals surface area contributed by atoms with Crippen LogP contribution in [0.4, 0.5) is 14.6 Å². The van der Waals surface area contributed by atoms with E-state index in [9.17, 15) is 8.78 Å². The van der Waals surface area contributed by atoms with Crippen molar-refractivity contribution in [1.82, 2.24) is 15.3 Å². The number of fused-ring (bicyclic) bond motifs is 1. The summed E-state index contributed by atoms with van der Waals surface area (Å²) in [6.45, 7) is 1.57. The highest BCUT2D eigenvalue weighted by Crippen LogP contribution is 2.35. The van der Waals surface area contributed by atoms with Crippen LogP contribution >= 0.6 is 33.9 Å². The molecule has 1 aliphatic rings. The summed E-state index contributed by atoms with van der Waals surface area (Å²) in [7, 11) is 0. The van der Waals surface area contributed by atoms with Crippen molar-refractivity contribution in [2.45, 2.75) is 25.2 Å². The Morgan fingerprint density at radius 2 is 2.27 bits per heavy atom. The van der Waals surface area contributed by atoms with E-state index in [1.807, 2.05) is 6.07 Å². The number of hydrogen-bond donors (Lipinski definition) is 2. The van der Waals surface area contributed by atoms with Crippen LogP contribution in [0.25, 0.3) is 10.2 Å². The molecule has 0 spiro atoms. The zero-order valence-electron chi connectivity index (χ0n) is 11.9.